The van der Waals surface area contributed by atoms with E-state index in [0.717, 1.165) is 26.1 Å². The molecule has 1 saturated heterocycles. The van der Waals surface area contributed by atoms with Crippen molar-refractivity contribution in [2.75, 3.05) is 26.8 Å². The molecule has 1 N–H and O–H groups in total. The summed E-state index contributed by atoms with van der Waals surface area (Å²) in [6, 6.07) is 0.442. The first-order valence-corrected chi connectivity index (χ1v) is 5.72. The number of hydrogen-bond donors (Lipinski definition) is 1. The van der Waals surface area contributed by atoms with Crippen molar-refractivity contribution in [3.05, 3.63) is 0 Å². The summed E-state index contributed by atoms with van der Waals surface area (Å²) in [7, 11) is 1.77. The van der Waals surface area contributed by atoms with Gasteiger partial charge in [0.1, 0.15) is 0 Å². The van der Waals surface area contributed by atoms with Crippen LogP contribution in [0.25, 0.3) is 0 Å². The predicted octanol–water partition coefficient (Wildman–Crippen LogP) is 0.868. The summed E-state index contributed by atoms with van der Waals surface area (Å²) in [5, 5.41) is 9.79. The summed E-state index contributed by atoms with van der Waals surface area (Å²) >= 11 is 0. The fourth-order valence-corrected chi connectivity index (χ4v) is 2.88. The molecule has 0 aromatic carbocycles. The van der Waals surface area contributed by atoms with Gasteiger partial charge < -0.3 is 9.84 Å². The Hall–Kier alpha value is -0.120. The molecule has 14 heavy (non-hydrogen) atoms. The number of rotatable bonds is 3. The van der Waals surface area contributed by atoms with Crippen LogP contribution in [0.2, 0.25) is 0 Å². The van der Waals surface area contributed by atoms with Crippen LogP contribution in [-0.2, 0) is 4.74 Å². The van der Waals surface area contributed by atoms with Gasteiger partial charge in [0.15, 0.2) is 0 Å². The lowest BCUT2D eigenvalue weighted by Crippen LogP contribution is -2.39. The number of aliphatic hydroxyl groups excluding tert-OH is 1. The van der Waals surface area contributed by atoms with E-state index in [1.165, 1.54) is 19.3 Å². The average Bonchev–Trinajstić information content (AvgIpc) is 2.74. The molecule has 0 radical (unpaired) electrons. The van der Waals surface area contributed by atoms with Crippen molar-refractivity contribution in [3.63, 3.8) is 0 Å². The number of methoxy groups -OCH3 is 1. The van der Waals surface area contributed by atoms with Gasteiger partial charge in [0.25, 0.3) is 0 Å². The number of aliphatic hydroxyl groups is 1. The molecule has 0 amide bonds. The third kappa shape index (κ3) is 2.10. The third-order valence-electron chi connectivity index (χ3n) is 3.63. The van der Waals surface area contributed by atoms with Gasteiger partial charge in [0.05, 0.1) is 12.7 Å². The van der Waals surface area contributed by atoms with Crippen molar-refractivity contribution < 1.29 is 9.84 Å². The number of likely N-dealkylation sites (tertiary alicyclic amines) is 1. The van der Waals surface area contributed by atoms with Crippen LogP contribution in [0.3, 0.4) is 0 Å². The van der Waals surface area contributed by atoms with Crippen molar-refractivity contribution >= 4 is 0 Å². The minimum Gasteiger partial charge on any atom is -0.391 e. The van der Waals surface area contributed by atoms with Gasteiger partial charge in [-0.05, 0) is 38.1 Å². The van der Waals surface area contributed by atoms with Gasteiger partial charge in [-0.1, -0.05) is 0 Å². The molecule has 0 aromatic rings. The molecule has 2 aliphatic rings. The Balaban J connectivity index is 1.82. The maximum atomic E-state index is 9.79. The maximum Gasteiger partial charge on any atom is 0.0695 e. The zero-order valence-electron chi connectivity index (χ0n) is 8.98. The summed E-state index contributed by atoms with van der Waals surface area (Å²) in [5.41, 5.74) is 0. The first-order chi connectivity index (χ1) is 6.81. The molecule has 1 saturated carbocycles. The second-order valence-electron chi connectivity index (χ2n) is 4.67. The number of hydrogen-bond acceptors (Lipinski definition) is 3. The Morgan fingerprint density at radius 1 is 1.36 bits per heavy atom. The molecular weight excluding hydrogens is 178 g/mol. The summed E-state index contributed by atoms with van der Waals surface area (Å²) in [4.78, 5) is 2.46. The lowest BCUT2D eigenvalue weighted by atomic mass is 10.1. The SMILES string of the molecule is COCC1CCN([C@@H]2CCC[C@H]2O)C1. The fourth-order valence-electron chi connectivity index (χ4n) is 2.88. The summed E-state index contributed by atoms with van der Waals surface area (Å²) in [5.74, 6) is 0.688. The first kappa shape index (κ1) is 10.4. The Morgan fingerprint density at radius 3 is 2.86 bits per heavy atom. The molecule has 2 rings (SSSR count). The van der Waals surface area contributed by atoms with Crippen LogP contribution in [0.1, 0.15) is 25.7 Å². The molecule has 3 atom stereocenters. The van der Waals surface area contributed by atoms with E-state index in [1.54, 1.807) is 7.11 Å². The van der Waals surface area contributed by atoms with E-state index in [4.69, 9.17) is 4.74 Å². The highest BCUT2D eigenvalue weighted by Crippen LogP contribution is 2.28. The second-order valence-corrected chi connectivity index (χ2v) is 4.67. The Bertz CT molecular complexity index is 186. The van der Waals surface area contributed by atoms with E-state index in [0.29, 0.717) is 12.0 Å². The van der Waals surface area contributed by atoms with E-state index < -0.39 is 0 Å². The highest BCUT2D eigenvalue weighted by Gasteiger charge is 2.34. The van der Waals surface area contributed by atoms with Gasteiger partial charge in [-0.25, -0.2) is 0 Å². The van der Waals surface area contributed by atoms with E-state index in [-0.39, 0.29) is 6.10 Å². The summed E-state index contributed by atoms with van der Waals surface area (Å²) < 4.78 is 5.17. The molecule has 1 aliphatic carbocycles. The first-order valence-electron chi connectivity index (χ1n) is 5.72. The van der Waals surface area contributed by atoms with Crippen LogP contribution in [0, 0.1) is 5.92 Å². The van der Waals surface area contributed by atoms with Crippen molar-refractivity contribution in [2.24, 2.45) is 5.92 Å². The second kappa shape index (κ2) is 4.60. The molecule has 0 spiro atoms. The van der Waals surface area contributed by atoms with Gasteiger partial charge in [0, 0.05) is 19.7 Å². The highest BCUT2D eigenvalue weighted by atomic mass is 16.5. The molecule has 0 aromatic heterocycles. The van der Waals surface area contributed by atoms with Crippen molar-refractivity contribution in [3.8, 4) is 0 Å². The minimum absolute atomic E-state index is 0.0729. The smallest absolute Gasteiger partial charge is 0.0695 e. The Labute approximate surface area is 86.0 Å². The molecule has 82 valence electrons. The van der Waals surface area contributed by atoms with E-state index in [2.05, 4.69) is 4.90 Å². The summed E-state index contributed by atoms with van der Waals surface area (Å²) in [6.07, 6.45) is 4.53. The average molecular weight is 199 g/mol. The van der Waals surface area contributed by atoms with Gasteiger partial charge >= 0.3 is 0 Å². The van der Waals surface area contributed by atoms with E-state index in [1.807, 2.05) is 0 Å². The Morgan fingerprint density at radius 2 is 2.21 bits per heavy atom. The van der Waals surface area contributed by atoms with Crippen LogP contribution in [-0.4, -0.2) is 49.0 Å². The monoisotopic (exact) mass is 199 g/mol. The Kier molecular flexibility index (Phi) is 3.42. The van der Waals surface area contributed by atoms with E-state index in [9.17, 15) is 5.11 Å². The fraction of sp³-hybridized carbons (Fsp3) is 1.00. The number of ether oxygens (including phenoxy) is 1. The largest absolute Gasteiger partial charge is 0.391 e. The molecule has 1 heterocycles. The summed E-state index contributed by atoms with van der Waals surface area (Å²) in [6.45, 7) is 3.14. The van der Waals surface area contributed by atoms with Gasteiger partial charge in [0.2, 0.25) is 0 Å². The van der Waals surface area contributed by atoms with Crippen LogP contribution < -0.4 is 0 Å². The number of nitrogens with zero attached hydrogens (tertiary/aromatic N) is 1. The predicted molar refractivity (Wildman–Crippen MR) is 55.2 cm³/mol. The standard InChI is InChI=1S/C11H21NO2/c1-14-8-9-5-6-12(7-9)10-3-2-4-11(10)13/h9-11,13H,2-8H2,1H3/t9?,10-,11-/m1/s1. The topological polar surface area (TPSA) is 32.7 Å². The maximum absolute atomic E-state index is 9.79. The van der Waals surface area contributed by atoms with Crippen LogP contribution in [0.15, 0.2) is 0 Å². The lowest BCUT2D eigenvalue weighted by Gasteiger charge is -2.26. The minimum atomic E-state index is -0.0729. The van der Waals surface area contributed by atoms with Crippen molar-refractivity contribution in [1.29, 1.82) is 0 Å². The normalized spacial score (nSPS) is 39.4. The molecule has 0 bridgehead atoms. The zero-order chi connectivity index (χ0) is 9.97. The third-order valence-corrected chi connectivity index (χ3v) is 3.63. The van der Waals surface area contributed by atoms with E-state index >= 15 is 0 Å². The van der Waals surface area contributed by atoms with Gasteiger partial charge in [-0.3, -0.25) is 4.90 Å². The molecule has 1 aliphatic heterocycles. The lowest BCUT2D eigenvalue weighted by molar-refractivity contribution is 0.0781. The van der Waals surface area contributed by atoms with Gasteiger partial charge in [-0.15, -0.1) is 0 Å². The molecule has 1 unspecified atom stereocenters. The van der Waals surface area contributed by atoms with Crippen LogP contribution >= 0.6 is 0 Å². The quantitative estimate of drug-likeness (QED) is 0.732. The van der Waals surface area contributed by atoms with Crippen molar-refractivity contribution in [1.82, 2.24) is 4.90 Å². The van der Waals surface area contributed by atoms with Crippen LogP contribution in [0.4, 0.5) is 0 Å². The zero-order valence-corrected chi connectivity index (χ0v) is 8.98. The molecule has 3 nitrogen and oxygen atoms in total. The van der Waals surface area contributed by atoms with Gasteiger partial charge in [-0.2, -0.15) is 0 Å². The molecule has 2 fully saturated rings. The molecule has 3 heteroatoms. The highest BCUT2D eigenvalue weighted by molar-refractivity contribution is 4.89. The van der Waals surface area contributed by atoms with Crippen molar-refractivity contribution in [2.45, 2.75) is 37.8 Å². The molecular formula is C11H21NO2. The van der Waals surface area contributed by atoms with Crippen LogP contribution in [0.5, 0.6) is 0 Å².